The molecule has 0 aliphatic heterocycles. The predicted octanol–water partition coefficient (Wildman–Crippen LogP) is 4.78. The first kappa shape index (κ1) is 17.3. The summed E-state index contributed by atoms with van der Waals surface area (Å²) in [6.45, 7) is 7.39. The molecule has 124 valence electrons. The first-order valence-electron chi connectivity index (χ1n) is 9.58. The Morgan fingerprint density at radius 1 is 0.905 bits per heavy atom. The van der Waals surface area contributed by atoms with E-state index in [-0.39, 0.29) is 0 Å². The van der Waals surface area contributed by atoms with Crippen molar-refractivity contribution < 1.29 is 4.74 Å². The van der Waals surface area contributed by atoms with Crippen LogP contribution in [0, 0.1) is 17.8 Å². The molecule has 1 N–H and O–H groups in total. The van der Waals surface area contributed by atoms with Crippen LogP contribution in [-0.4, -0.2) is 25.8 Å². The first-order valence-corrected chi connectivity index (χ1v) is 9.58. The van der Waals surface area contributed by atoms with Crippen LogP contribution in [0.4, 0.5) is 0 Å². The third kappa shape index (κ3) is 6.28. The summed E-state index contributed by atoms with van der Waals surface area (Å²) >= 11 is 0. The summed E-state index contributed by atoms with van der Waals surface area (Å²) in [6.07, 6.45) is 14.4. The Morgan fingerprint density at radius 2 is 1.62 bits per heavy atom. The molecule has 2 rings (SSSR count). The smallest absolute Gasteiger partial charge is 0.0591 e. The monoisotopic (exact) mass is 295 g/mol. The van der Waals surface area contributed by atoms with Crippen LogP contribution in [-0.2, 0) is 4.74 Å². The Balaban J connectivity index is 1.64. The molecule has 2 fully saturated rings. The van der Waals surface area contributed by atoms with Crippen LogP contribution in [0.1, 0.15) is 78.1 Å². The maximum absolute atomic E-state index is 5.75. The van der Waals surface area contributed by atoms with E-state index in [9.17, 15) is 0 Å². The molecule has 0 saturated heterocycles. The summed E-state index contributed by atoms with van der Waals surface area (Å²) in [6, 6.07) is 0.774. The third-order valence-corrected chi connectivity index (χ3v) is 5.57. The van der Waals surface area contributed by atoms with Gasteiger partial charge in [0, 0.05) is 19.2 Å². The Hall–Kier alpha value is -0.0800. The van der Waals surface area contributed by atoms with E-state index in [1.807, 2.05) is 0 Å². The number of hydrogen-bond donors (Lipinski definition) is 1. The van der Waals surface area contributed by atoms with Gasteiger partial charge in [-0.15, -0.1) is 0 Å². The molecule has 0 aromatic heterocycles. The van der Waals surface area contributed by atoms with Gasteiger partial charge in [-0.3, -0.25) is 0 Å². The maximum atomic E-state index is 5.75. The predicted molar refractivity (Wildman–Crippen MR) is 90.6 cm³/mol. The highest BCUT2D eigenvalue weighted by molar-refractivity contribution is 4.86. The molecule has 2 atom stereocenters. The van der Waals surface area contributed by atoms with Gasteiger partial charge in [0.2, 0.25) is 0 Å². The molecule has 2 heteroatoms. The molecule has 0 bridgehead atoms. The van der Waals surface area contributed by atoms with Crippen LogP contribution in [0.15, 0.2) is 0 Å². The van der Waals surface area contributed by atoms with E-state index >= 15 is 0 Å². The van der Waals surface area contributed by atoms with E-state index < -0.39 is 0 Å². The van der Waals surface area contributed by atoms with Gasteiger partial charge in [-0.2, -0.15) is 0 Å². The molecule has 0 aromatic carbocycles. The van der Waals surface area contributed by atoms with Gasteiger partial charge >= 0.3 is 0 Å². The molecule has 0 amide bonds. The molecular formula is C19H37NO. The minimum Gasteiger partial charge on any atom is -0.380 e. The second-order valence-electron chi connectivity index (χ2n) is 7.70. The molecule has 2 saturated carbocycles. The first-order chi connectivity index (χ1) is 10.3. The zero-order valence-corrected chi connectivity index (χ0v) is 14.4. The van der Waals surface area contributed by atoms with E-state index in [2.05, 4.69) is 19.2 Å². The summed E-state index contributed by atoms with van der Waals surface area (Å²) in [5.41, 5.74) is 0. The summed E-state index contributed by atoms with van der Waals surface area (Å²) in [7, 11) is 0. The average molecular weight is 296 g/mol. The van der Waals surface area contributed by atoms with Crippen molar-refractivity contribution in [2.24, 2.45) is 17.8 Å². The summed E-state index contributed by atoms with van der Waals surface area (Å²) in [5.74, 6) is 2.72. The minimum absolute atomic E-state index is 0.756. The van der Waals surface area contributed by atoms with Gasteiger partial charge in [0.1, 0.15) is 0 Å². The number of ether oxygens (including phenoxy) is 1. The van der Waals surface area contributed by atoms with Gasteiger partial charge in [-0.1, -0.05) is 58.8 Å². The van der Waals surface area contributed by atoms with Crippen LogP contribution in [0.5, 0.6) is 0 Å². The third-order valence-electron chi connectivity index (χ3n) is 5.57. The molecule has 0 aromatic rings. The largest absolute Gasteiger partial charge is 0.380 e. The van der Waals surface area contributed by atoms with Crippen LogP contribution in [0.25, 0.3) is 0 Å². The quantitative estimate of drug-likeness (QED) is 0.651. The van der Waals surface area contributed by atoms with E-state index in [1.165, 1.54) is 64.2 Å². The van der Waals surface area contributed by atoms with E-state index in [1.54, 1.807) is 0 Å². The van der Waals surface area contributed by atoms with Crippen LogP contribution < -0.4 is 5.32 Å². The van der Waals surface area contributed by atoms with Crippen LogP contribution in [0.2, 0.25) is 0 Å². The molecule has 2 aliphatic carbocycles. The van der Waals surface area contributed by atoms with Crippen LogP contribution >= 0.6 is 0 Å². The summed E-state index contributed by atoms with van der Waals surface area (Å²) < 4.78 is 5.75. The topological polar surface area (TPSA) is 21.3 Å². The van der Waals surface area contributed by atoms with E-state index in [0.29, 0.717) is 0 Å². The van der Waals surface area contributed by atoms with Gasteiger partial charge in [-0.05, 0) is 37.0 Å². The zero-order valence-electron chi connectivity index (χ0n) is 14.4. The second kappa shape index (κ2) is 9.84. The van der Waals surface area contributed by atoms with Crippen molar-refractivity contribution in [1.29, 1.82) is 0 Å². The van der Waals surface area contributed by atoms with Crippen molar-refractivity contribution in [2.75, 3.05) is 19.8 Å². The van der Waals surface area contributed by atoms with Gasteiger partial charge in [0.25, 0.3) is 0 Å². The van der Waals surface area contributed by atoms with E-state index in [4.69, 9.17) is 4.74 Å². The average Bonchev–Trinajstić information content (AvgIpc) is 2.52. The van der Waals surface area contributed by atoms with Crippen LogP contribution in [0.3, 0.4) is 0 Å². The molecule has 2 aliphatic rings. The molecule has 2 unspecified atom stereocenters. The second-order valence-corrected chi connectivity index (χ2v) is 7.70. The van der Waals surface area contributed by atoms with E-state index in [0.717, 1.165) is 43.6 Å². The van der Waals surface area contributed by atoms with Gasteiger partial charge in [-0.25, -0.2) is 0 Å². The molecule has 0 spiro atoms. The Bertz CT molecular complexity index is 260. The molecule has 2 nitrogen and oxygen atoms in total. The SMILES string of the molecule is CC(C)CCOCCNC1CCCCC1C1CCCCC1. The lowest BCUT2D eigenvalue weighted by atomic mass is 9.71. The lowest BCUT2D eigenvalue weighted by Gasteiger charge is -2.39. The zero-order chi connectivity index (χ0) is 14.9. The fraction of sp³-hybridized carbons (Fsp3) is 1.00. The Morgan fingerprint density at radius 3 is 2.38 bits per heavy atom. The van der Waals surface area contributed by atoms with Crippen molar-refractivity contribution in [1.82, 2.24) is 5.32 Å². The fourth-order valence-electron chi connectivity index (χ4n) is 4.28. The summed E-state index contributed by atoms with van der Waals surface area (Å²) in [5, 5.41) is 3.83. The van der Waals surface area contributed by atoms with Crippen molar-refractivity contribution in [3.05, 3.63) is 0 Å². The Labute approximate surface area is 132 Å². The standard InChI is InChI=1S/C19H37NO/c1-16(2)12-14-21-15-13-20-19-11-7-6-10-18(19)17-8-4-3-5-9-17/h16-20H,3-15H2,1-2H3. The number of rotatable bonds is 8. The lowest BCUT2D eigenvalue weighted by Crippen LogP contribution is -2.43. The molecule has 21 heavy (non-hydrogen) atoms. The van der Waals surface area contributed by atoms with Crippen molar-refractivity contribution in [2.45, 2.75) is 84.1 Å². The highest BCUT2D eigenvalue weighted by Crippen LogP contribution is 2.38. The minimum atomic E-state index is 0.756. The maximum Gasteiger partial charge on any atom is 0.0591 e. The lowest BCUT2D eigenvalue weighted by molar-refractivity contribution is 0.108. The molecule has 0 radical (unpaired) electrons. The van der Waals surface area contributed by atoms with Crippen molar-refractivity contribution >= 4 is 0 Å². The van der Waals surface area contributed by atoms with Crippen molar-refractivity contribution in [3.63, 3.8) is 0 Å². The van der Waals surface area contributed by atoms with Crippen molar-refractivity contribution in [3.8, 4) is 0 Å². The number of hydrogen-bond acceptors (Lipinski definition) is 2. The highest BCUT2D eigenvalue weighted by Gasteiger charge is 2.31. The molecule has 0 heterocycles. The molecular weight excluding hydrogens is 258 g/mol. The Kier molecular flexibility index (Phi) is 8.10. The summed E-state index contributed by atoms with van der Waals surface area (Å²) in [4.78, 5) is 0. The van der Waals surface area contributed by atoms with Gasteiger partial charge < -0.3 is 10.1 Å². The van der Waals surface area contributed by atoms with Gasteiger partial charge in [0.05, 0.1) is 6.61 Å². The van der Waals surface area contributed by atoms with Gasteiger partial charge in [0.15, 0.2) is 0 Å². The normalized spacial score (nSPS) is 28.1. The number of nitrogens with one attached hydrogen (secondary N) is 1. The fourth-order valence-corrected chi connectivity index (χ4v) is 4.28. The highest BCUT2D eigenvalue weighted by atomic mass is 16.5.